The molecule has 0 saturated heterocycles. The quantitative estimate of drug-likeness (QED) is 0.570. The summed E-state index contributed by atoms with van der Waals surface area (Å²) in [6, 6.07) is 17.0. The lowest BCUT2D eigenvalue weighted by atomic mass is 10.1. The van der Waals surface area contributed by atoms with E-state index < -0.39 is 0 Å². The molecule has 0 saturated carbocycles. The summed E-state index contributed by atoms with van der Waals surface area (Å²) in [6.07, 6.45) is 0.397. The fraction of sp³-hybridized carbons (Fsp3) is 0.235. The monoisotopic (exact) mass is 270 g/mol. The minimum atomic E-state index is 0.108. The molecular weight excluding hydrogens is 252 g/mol. The molecule has 0 atom stereocenters. The van der Waals surface area contributed by atoms with Crippen molar-refractivity contribution in [1.82, 2.24) is 0 Å². The van der Waals surface area contributed by atoms with E-state index in [4.69, 9.17) is 9.47 Å². The van der Waals surface area contributed by atoms with E-state index in [1.165, 1.54) is 0 Å². The average molecular weight is 270 g/mol. The highest BCUT2D eigenvalue weighted by Crippen LogP contribution is 2.13. The Kier molecular flexibility index (Phi) is 5.33. The van der Waals surface area contributed by atoms with Gasteiger partial charge in [-0.05, 0) is 17.7 Å². The van der Waals surface area contributed by atoms with Crippen molar-refractivity contribution in [2.45, 2.75) is 13.0 Å². The molecule has 0 aliphatic rings. The Morgan fingerprint density at radius 3 is 2.60 bits per heavy atom. The molecule has 3 heteroatoms. The van der Waals surface area contributed by atoms with Crippen LogP contribution >= 0.6 is 0 Å². The van der Waals surface area contributed by atoms with Gasteiger partial charge in [0.05, 0.1) is 20.3 Å². The molecule has 2 aromatic rings. The predicted molar refractivity (Wildman–Crippen MR) is 78.0 cm³/mol. The van der Waals surface area contributed by atoms with E-state index in [9.17, 15) is 4.79 Å². The molecule has 20 heavy (non-hydrogen) atoms. The Balaban J connectivity index is 1.75. The third kappa shape index (κ3) is 4.21. The van der Waals surface area contributed by atoms with Gasteiger partial charge in [-0.25, -0.2) is 0 Å². The van der Waals surface area contributed by atoms with Crippen molar-refractivity contribution in [1.29, 1.82) is 0 Å². The summed E-state index contributed by atoms with van der Waals surface area (Å²) in [5.74, 6) is 0.919. The lowest BCUT2D eigenvalue weighted by molar-refractivity contribution is 0.0848. The van der Waals surface area contributed by atoms with Crippen LogP contribution in [0.15, 0.2) is 54.6 Å². The molecule has 0 heterocycles. The maximum absolute atomic E-state index is 11.9. The Morgan fingerprint density at radius 2 is 1.85 bits per heavy atom. The summed E-state index contributed by atoms with van der Waals surface area (Å²) in [5, 5.41) is 0. The van der Waals surface area contributed by atoms with Gasteiger partial charge in [0.25, 0.3) is 0 Å². The maximum Gasteiger partial charge on any atom is 0.165 e. The van der Waals surface area contributed by atoms with Crippen LogP contribution in [0, 0.1) is 0 Å². The molecule has 2 rings (SSSR count). The SMILES string of the molecule is COc1cccc(COCCC(=O)c2ccccc2)c1. The van der Waals surface area contributed by atoms with Crippen LogP contribution in [0.4, 0.5) is 0 Å². The number of methoxy groups -OCH3 is 1. The highest BCUT2D eigenvalue weighted by atomic mass is 16.5. The largest absolute Gasteiger partial charge is 0.497 e. The second-order valence-electron chi connectivity index (χ2n) is 4.44. The Hall–Kier alpha value is -2.13. The van der Waals surface area contributed by atoms with Gasteiger partial charge in [-0.1, -0.05) is 42.5 Å². The van der Waals surface area contributed by atoms with Gasteiger partial charge in [0, 0.05) is 12.0 Å². The number of Topliss-reactive ketones (excluding diaryl/α,β-unsaturated/α-hetero) is 1. The highest BCUT2D eigenvalue weighted by molar-refractivity contribution is 5.96. The molecule has 0 aliphatic heterocycles. The first kappa shape index (κ1) is 14.3. The molecule has 0 unspecified atom stereocenters. The van der Waals surface area contributed by atoms with Crippen LogP contribution in [-0.2, 0) is 11.3 Å². The fourth-order valence-electron chi connectivity index (χ4n) is 1.89. The average Bonchev–Trinajstić information content (AvgIpc) is 2.52. The molecular formula is C17H18O3. The van der Waals surface area contributed by atoms with E-state index in [0.717, 1.165) is 16.9 Å². The lowest BCUT2D eigenvalue weighted by Gasteiger charge is -2.06. The zero-order valence-corrected chi connectivity index (χ0v) is 11.5. The first-order valence-corrected chi connectivity index (χ1v) is 6.58. The van der Waals surface area contributed by atoms with Crippen LogP contribution < -0.4 is 4.74 Å². The number of hydrogen-bond donors (Lipinski definition) is 0. The molecule has 0 spiro atoms. The Bertz CT molecular complexity index is 549. The fourth-order valence-corrected chi connectivity index (χ4v) is 1.89. The molecule has 0 aromatic heterocycles. The number of benzene rings is 2. The first-order valence-electron chi connectivity index (χ1n) is 6.58. The summed E-state index contributed by atoms with van der Waals surface area (Å²) in [5.41, 5.74) is 1.77. The molecule has 0 aliphatic carbocycles. The minimum absolute atomic E-state index is 0.108. The third-order valence-corrected chi connectivity index (χ3v) is 2.97. The van der Waals surface area contributed by atoms with E-state index in [1.54, 1.807) is 7.11 Å². The number of rotatable bonds is 7. The van der Waals surface area contributed by atoms with E-state index in [1.807, 2.05) is 54.6 Å². The van der Waals surface area contributed by atoms with E-state index in [2.05, 4.69) is 0 Å². The second-order valence-corrected chi connectivity index (χ2v) is 4.44. The number of hydrogen-bond acceptors (Lipinski definition) is 3. The second kappa shape index (κ2) is 7.46. The van der Waals surface area contributed by atoms with Crippen LogP contribution in [0.1, 0.15) is 22.3 Å². The molecule has 0 N–H and O–H groups in total. The number of carbonyl (C=O) groups is 1. The standard InChI is InChI=1S/C17H18O3/c1-19-16-9-5-6-14(12-16)13-20-11-10-17(18)15-7-3-2-4-8-15/h2-9,12H,10-11,13H2,1H3. The molecule has 0 amide bonds. The van der Waals surface area contributed by atoms with E-state index in [-0.39, 0.29) is 5.78 Å². The van der Waals surface area contributed by atoms with Crippen LogP contribution in [0.3, 0.4) is 0 Å². The number of carbonyl (C=O) groups excluding carboxylic acids is 1. The molecule has 0 radical (unpaired) electrons. The van der Waals surface area contributed by atoms with Gasteiger partial charge in [-0.3, -0.25) is 4.79 Å². The maximum atomic E-state index is 11.9. The molecule has 104 valence electrons. The van der Waals surface area contributed by atoms with Gasteiger partial charge >= 0.3 is 0 Å². The van der Waals surface area contributed by atoms with Crippen molar-refractivity contribution in [3.05, 3.63) is 65.7 Å². The smallest absolute Gasteiger partial charge is 0.165 e. The van der Waals surface area contributed by atoms with Gasteiger partial charge in [-0.15, -0.1) is 0 Å². The van der Waals surface area contributed by atoms with Crippen molar-refractivity contribution in [2.24, 2.45) is 0 Å². The van der Waals surface area contributed by atoms with Crippen LogP contribution in [0.25, 0.3) is 0 Å². The van der Waals surface area contributed by atoms with Gasteiger partial charge in [0.2, 0.25) is 0 Å². The van der Waals surface area contributed by atoms with Crippen LogP contribution in [-0.4, -0.2) is 19.5 Å². The Morgan fingerprint density at radius 1 is 1.05 bits per heavy atom. The number of ether oxygens (including phenoxy) is 2. The third-order valence-electron chi connectivity index (χ3n) is 2.97. The summed E-state index contributed by atoms with van der Waals surface area (Å²) in [6.45, 7) is 0.907. The molecule has 0 fully saturated rings. The summed E-state index contributed by atoms with van der Waals surface area (Å²) < 4.78 is 10.7. The molecule has 3 nitrogen and oxygen atoms in total. The van der Waals surface area contributed by atoms with Crippen molar-refractivity contribution >= 4 is 5.78 Å². The first-order chi connectivity index (χ1) is 9.79. The van der Waals surface area contributed by atoms with Gasteiger partial charge in [0.15, 0.2) is 5.78 Å². The normalized spacial score (nSPS) is 10.2. The molecule has 2 aromatic carbocycles. The van der Waals surface area contributed by atoms with Crippen LogP contribution in [0.2, 0.25) is 0 Å². The Labute approximate surface area is 119 Å². The highest BCUT2D eigenvalue weighted by Gasteiger charge is 2.04. The number of ketones is 1. The van der Waals surface area contributed by atoms with Crippen molar-refractivity contribution in [3.63, 3.8) is 0 Å². The van der Waals surface area contributed by atoms with E-state index >= 15 is 0 Å². The minimum Gasteiger partial charge on any atom is -0.497 e. The molecule has 0 bridgehead atoms. The summed E-state index contributed by atoms with van der Waals surface area (Å²) in [7, 11) is 1.64. The summed E-state index contributed by atoms with van der Waals surface area (Å²) >= 11 is 0. The zero-order valence-electron chi connectivity index (χ0n) is 11.5. The van der Waals surface area contributed by atoms with Gasteiger partial charge in [0.1, 0.15) is 5.75 Å². The predicted octanol–water partition coefficient (Wildman–Crippen LogP) is 3.48. The summed E-state index contributed by atoms with van der Waals surface area (Å²) in [4.78, 5) is 11.9. The van der Waals surface area contributed by atoms with Crippen molar-refractivity contribution in [3.8, 4) is 5.75 Å². The zero-order chi connectivity index (χ0) is 14.2. The van der Waals surface area contributed by atoms with Crippen LogP contribution in [0.5, 0.6) is 5.75 Å². The van der Waals surface area contributed by atoms with Gasteiger partial charge in [-0.2, -0.15) is 0 Å². The van der Waals surface area contributed by atoms with E-state index in [0.29, 0.717) is 19.6 Å². The van der Waals surface area contributed by atoms with Crippen molar-refractivity contribution < 1.29 is 14.3 Å². The van der Waals surface area contributed by atoms with Crippen molar-refractivity contribution in [2.75, 3.05) is 13.7 Å². The van der Waals surface area contributed by atoms with Gasteiger partial charge < -0.3 is 9.47 Å². The lowest BCUT2D eigenvalue weighted by Crippen LogP contribution is -2.04. The topological polar surface area (TPSA) is 35.5 Å².